The van der Waals surface area contributed by atoms with Crippen molar-refractivity contribution in [1.29, 1.82) is 0 Å². The normalized spacial score (nSPS) is 11.6. The summed E-state index contributed by atoms with van der Waals surface area (Å²) in [6.45, 7) is 7.93. The molecule has 0 spiro atoms. The van der Waals surface area contributed by atoms with E-state index in [0.29, 0.717) is 34.8 Å². The average molecular weight is 546 g/mol. The summed E-state index contributed by atoms with van der Waals surface area (Å²) in [5, 5.41) is 2.77. The number of anilines is 1. The molecule has 1 aromatic heterocycles. The molecule has 5 aromatic rings. The fourth-order valence-corrected chi connectivity index (χ4v) is 4.37. The lowest BCUT2D eigenvalue weighted by atomic mass is 10.0. The molecule has 1 atom stereocenters. The minimum absolute atomic E-state index is 0.277. The second-order valence-corrected chi connectivity index (χ2v) is 9.82. The fourth-order valence-electron chi connectivity index (χ4n) is 4.37. The highest BCUT2D eigenvalue weighted by Gasteiger charge is 2.21. The third kappa shape index (κ3) is 6.25. The van der Waals surface area contributed by atoms with Crippen LogP contribution in [0.1, 0.15) is 35.3 Å². The molecule has 1 amide bonds. The number of aryl methyl sites for hydroxylation is 2. The predicted molar refractivity (Wildman–Crippen MR) is 161 cm³/mol. The van der Waals surface area contributed by atoms with E-state index in [2.05, 4.69) is 5.32 Å². The first-order valence-corrected chi connectivity index (χ1v) is 13.5. The summed E-state index contributed by atoms with van der Waals surface area (Å²) in [6.07, 6.45) is -1.04. The van der Waals surface area contributed by atoms with Gasteiger partial charge in [0.1, 0.15) is 5.75 Å². The Balaban J connectivity index is 1.42. The van der Waals surface area contributed by atoms with Crippen molar-refractivity contribution in [2.24, 2.45) is 0 Å². The van der Waals surface area contributed by atoms with Gasteiger partial charge in [-0.3, -0.25) is 4.79 Å². The van der Waals surface area contributed by atoms with Gasteiger partial charge < -0.3 is 14.8 Å². The van der Waals surface area contributed by atoms with Crippen LogP contribution in [-0.2, 0) is 9.53 Å². The minimum atomic E-state index is -1.04. The van der Waals surface area contributed by atoms with Gasteiger partial charge in [0.2, 0.25) is 0 Å². The monoisotopic (exact) mass is 545 g/mol. The van der Waals surface area contributed by atoms with Gasteiger partial charge >= 0.3 is 5.97 Å². The molecule has 0 fully saturated rings. The van der Waals surface area contributed by atoms with E-state index in [4.69, 9.17) is 19.4 Å². The van der Waals surface area contributed by atoms with E-state index in [1.807, 2.05) is 75.4 Å². The number of rotatable bonds is 8. The molecule has 206 valence electrons. The number of esters is 1. The van der Waals surface area contributed by atoms with Crippen molar-refractivity contribution in [3.8, 4) is 28.3 Å². The summed E-state index contributed by atoms with van der Waals surface area (Å²) in [5.74, 6) is -0.547. The molecule has 0 saturated heterocycles. The molecule has 0 aliphatic heterocycles. The maximum atomic E-state index is 13.1. The van der Waals surface area contributed by atoms with Crippen molar-refractivity contribution in [3.05, 3.63) is 108 Å². The summed E-state index contributed by atoms with van der Waals surface area (Å²) in [7, 11) is 0. The minimum Gasteiger partial charge on any atom is -0.492 e. The van der Waals surface area contributed by atoms with Gasteiger partial charge in [-0.2, -0.15) is 0 Å². The quantitative estimate of drug-likeness (QED) is 0.208. The molecule has 4 aromatic carbocycles. The van der Waals surface area contributed by atoms with Crippen molar-refractivity contribution in [2.45, 2.75) is 33.8 Å². The number of carbonyl (C=O) groups excluding carboxylic acids is 2. The molecular weight excluding hydrogens is 514 g/mol. The highest BCUT2D eigenvalue weighted by atomic mass is 16.5. The zero-order valence-corrected chi connectivity index (χ0v) is 23.5. The summed E-state index contributed by atoms with van der Waals surface area (Å²) in [6, 6.07) is 28.4. The first kappa shape index (κ1) is 27.5. The molecule has 0 aliphatic carbocycles. The van der Waals surface area contributed by atoms with Crippen molar-refractivity contribution < 1.29 is 19.1 Å². The van der Waals surface area contributed by atoms with E-state index in [9.17, 15) is 9.59 Å². The van der Waals surface area contributed by atoms with Crippen LogP contribution in [0.25, 0.3) is 33.5 Å². The van der Waals surface area contributed by atoms with Gasteiger partial charge in [-0.15, -0.1) is 0 Å². The summed E-state index contributed by atoms with van der Waals surface area (Å²) in [5.41, 5.74) is 7.63. The largest absolute Gasteiger partial charge is 0.492 e. The Hall–Kier alpha value is -5.04. The van der Waals surface area contributed by atoms with Crippen LogP contribution in [0.3, 0.4) is 0 Å². The van der Waals surface area contributed by atoms with E-state index < -0.39 is 18.0 Å². The number of aromatic nitrogens is 2. The number of fused-ring (bicyclic) bond motifs is 1. The lowest BCUT2D eigenvalue weighted by Crippen LogP contribution is -2.30. The van der Waals surface area contributed by atoms with Crippen molar-refractivity contribution >= 4 is 28.6 Å². The number of benzene rings is 4. The Kier molecular flexibility index (Phi) is 8.06. The van der Waals surface area contributed by atoms with Crippen molar-refractivity contribution in [1.82, 2.24) is 9.97 Å². The molecule has 1 unspecified atom stereocenters. The number of para-hydroxylation sites is 2. The summed E-state index contributed by atoms with van der Waals surface area (Å²) >= 11 is 0. The molecular formula is C34H31N3O4. The third-order valence-corrected chi connectivity index (χ3v) is 6.65. The third-order valence-electron chi connectivity index (χ3n) is 6.65. The van der Waals surface area contributed by atoms with E-state index in [0.717, 1.165) is 27.9 Å². The number of amides is 1. The molecule has 0 saturated carbocycles. The topological polar surface area (TPSA) is 90.4 Å². The van der Waals surface area contributed by atoms with Gasteiger partial charge in [0.05, 0.1) is 40.3 Å². The Labute approximate surface area is 239 Å². The number of carbonyl (C=O) groups is 2. The second kappa shape index (κ2) is 12.0. The summed E-state index contributed by atoms with van der Waals surface area (Å²) < 4.78 is 11.1. The van der Waals surface area contributed by atoms with Crippen LogP contribution in [0.4, 0.5) is 5.69 Å². The van der Waals surface area contributed by atoms with Gasteiger partial charge in [0.25, 0.3) is 5.91 Å². The first-order valence-electron chi connectivity index (χ1n) is 13.5. The number of nitrogens with one attached hydrogen (secondary N) is 1. The van der Waals surface area contributed by atoms with Gasteiger partial charge in [0.15, 0.2) is 6.10 Å². The molecule has 0 bridgehead atoms. The zero-order chi connectivity index (χ0) is 28.9. The van der Waals surface area contributed by atoms with Crippen LogP contribution in [0.5, 0.6) is 5.75 Å². The van der Waals surface area contributed by atoms with E-state index in [1.165, 1.54) is 6.92 Å². The van der Waals surface area contributed by atoms with Crippen LogP contribution in [-0.4, -0.2) is 34.6 Å². The lowest BCUT2D eigenvalue weighted by molar-refractivity contribution is -0.123. The predicted octanol–water partition coefficient (Wildman–Crippen LogP) is 7.16. The van der Waals surface area contributed by atoms with Crippen molar-refractivity contribution in [2.75, 3.05) is 11.9 Å². The SMILES string of the molecule is CCOc1ccccc1NC(=O)C(C)OC(=O)c1ccc2nc(-c3ccc(C)cc3)c(-c3ccc(C)cc3)nc2c1. The van der Waals surface area contributed by atoms with Crippen molar-refractivity contribution in [3.63, 3.8) is 0 Å². The molecule has 0 radical (unpaired) electrons. The first-order chi connectivity index (χ1) is 19.8. The molecule has 7 heteroatoms. The van der Waals surface area contributed by atoms with Gasteiger partial charge in [-0.1, -0.05) is 71.8 Å². The second-order valence-electron chi connectivity index (χ2n) is 9.82. The standard InChI is InChI=1S/C34H31N3O4/c1-5-40-30-9-7-6-8-28(30)37-33(38)23(4)41-34(39)26-18-19-27-29(20-26)36-32(25-16-12-22(3)13-17-25)31(35-27)24-14-10-21(2)11-15-24/h6-20,23H,5H2,1-4H3,(H,37,38). The molecule has 41 heavy (non-hydrogen) atoms. The number of hydrogen-bond donors (Lipinski definition) is 1. The van der Waals surface area contributed by atoms with Gasteiger partial charge in [0, 0.05) is 11.1 Å². The number of hydrogen-bond acceptors (Lipinski definition) is 6. The Bertz CT molecular complexity index is 1710. The lowest BCUT2D eigenvalue weighted by Gasteiger charge is -2.16. The van der Waals surface area contributed by atoms with Crippen LogP contribution in [0, 0.1) is 13.8 Å². The van der Waals surface area contributed by atoms with Crippen LogP contribution < -0.4 is 10.1 Å². The number of ether oxygens (including phenoxy) is 2. The highest BCUT2D eigenvalue weighted by molar-refractivity contribution is 5.99. The molecule has 0 aliphatic rings. The molecule has 1 heterocycles. The van der Waals surface area contributed by atoms with Crippen LogP contribution >= 0.6 is 0 Å². The zero-order valence-electron chi connectivity index (χ0n) is 23.5. The van der Waals surface area contributed by atoms with Gasteiger partial charge in [-0.05, 0) is 58.0 Å². The Morgan fingerprint density at radius 1 is 0.780 bits per heavy atom. The van der Waals surface area contributed by atoms with Crippen LogP contribution in [0.15, 0.2) is 91.0 Å². The Morgan fingerprint density at radius 3 is 1.98 bits per heavy atom. The van der Waals surface area contributed by atoms with Crippen LogP contribution in [0.2, 0.25) is 0 Å². The molecule has 7 nitrogen and oxygen atoms in total. The smallest absolute Gasteiger partial charge is 0.338 e. The molecule has 5 rings (SSSR count). The Morgan fingerprint density at radius 2 is 1.37 bits per heavy atom. The average Bonchev–Trinajstić information content (AvgIpc) is 2.98. The summed E-state index contributed by atoms with van der Waals surface area (Å²) in [4.78, 5) is 35.8. The van der Waals surface area contributed by atoms with Gasteiger partial charge in [-0.25, -0.2) is 14.8 Å². The van der Waals surface area contributed by atoms with E-state index >= 15 is 0 Å². The maximum Gasteiger partial charge on any atom is 0.338 e. The van der Waals surface area contributed by atoms with E-state index in [-0.39, 0.29) is 5.56 Å². The number of nitrogens with zero attached hydrogens (tertiary/aromatic N) is 2. The van der Waals surface area contributed by atoms with E-state index in [1.54, 1.807) is 36.4 Å². The molecule has 1 N–H and O–H groups in total. The highest BCUT2D eigenvalue weighted by Crippen LogP contribution is 2.32. The maximum absolute atomic E-state index is 13.1. The fraction of sp³-hybridized carbons (Fsp3) is 0.176.